The molecule has 0 N–H and O–H groups in total. The number of hydrogen-bond donors (Lipinski definition) is 0. The maximum atomic E-state index is 5.46. The first-order valence-corrected chi connectivity index (χ1v) is 8.82. The molecule has 0 aliphatic heterocycles. The van der Waals surface area contributed by atoms with Crippen molar-refractivity contribution in [3.8, 4) is 18.0 Å². The zero-order chi connectivity index (χ0) is 17.7. The molecule has 2 rings (SSSR count). The Morgan fingerprint density at radius 1 is 1.21 bits per heavy atom. The van der Waals surface area contributed by atoms with E-state index in [0.29, 0.717) is 18.3 Å². The van der Waals surface area contributed by atoms with E-state index in [1.54, 1.807) is 0 Å². The van der Waals surface area contributed by atoms with E-state index >= 15 is 0 Å². The van der Waals surface area contributed by atoms with Crippen LogP contribution in [0.15, 0.2) is 42.5 Å². The Balaban J connectivity index is 2.52. The molecule has 0 saturated carbocycles. The fourth-order valence-corrected chi connectivity index (χ4v) is 2.99. The molecule has 0 bridgehead atoms. The van der Waals surface area contributed by atoms with E-state index in [9.17, 15) is 0 Å². The third-order valence-electron chi connectivity index (χ3n) is 4.37. The lowest BCUT2D eigenvalue weighted by molar-refractivity contribution is -0.567. The van der Waals surface area contributed by atoms with Crippen molar-refractivity contribution in [2.24, 2.45) is 0 Å². The number of para-hydroxylation sites is 1. The molecule has 0 atom stereocenters. The summed E-state index contributed by atoms with van der Waals surface area (Å²) in [4.78, 5) is 0. The third kappa shape index (κ3) is 3.97. The minimum Gasteiger partial charge on any atom is -0.209 e. The predicted octanol–water partition coefficient (Wildman–Crippen LogP) is 5.29. The van der Waals surface area contributed by atoms with Crippen LogP contribution < -0.4 is 4.57 Å². The van der Waals surface area contributed by atoms with Crippen LogP contribution in [0.5, 0.6) is 0 Å². The molecule has 2 aromatic rings. The summed E-state index contributed by atoms with van der Waals surface area (Å²) in [6.45, 7) is 11.2. The van der Waals surface area contributed by atoms with Crippen LogP contribution in [0.4, 0.5) is 0 Å². The zero-order valence-corrected chi connectivity index (χ0v) is 15.6. The molecule has 0 radical (unpaired) electrons. The minimum atomic E-state index is 0.484. The molecule has 24 heavy (non-hydrogen) atoms. The van der Waals surface area contributed by atoms with Gasteiger partial charge in [-0.15, -0.1) is 12.3 Å². The van der Waals surface area contributed by atoms with Gasteiger partial charge in [-0.2, -0.15) is 0 Å². The molecule has 2 nitrogen and oxygen atoms in total. The van der Waals surface area contributed by atoms with Gasteiger partial charge in [0, 0.05) is 17.5 Å². The minimum absolute atomic E-state index is 0.484. The summed E-state index contributed by atoms with van der Waals surface area (Å²) in [5, 5.41) is 0. The molecule has 0 aliphatic carbocycles. The molecular weight excluding hydrogens is 292 g/mol. The SMILES string of the molecule is C#CC/C(=C/[n+]1ccn(-c2c(C(C)C)cccc2C(C)C)c1)CC. The molecule has 1 aromatic heterocycles. The maximum absolute atomic E-state index is 5.46. The van der Waals surface area contributed by atoms with Crippen LogP contribution in [-0.2, 0) is 0 Å². The number of rotatable bonds is 6. The summed E-state index contributed by atoms with van der Waals surface area (Å²) in [5.74, 6) is 3.71. The van der Waals surface area contributed by atoms with E-state index in [2.05, 4.69) is 92.8 Å². The van der Waals surface area contributed by atoms with E-state index in [1.807, 2.05) is 0 Å². The quantitative estimate of drug-likeness (QED) is 0.505. The molecule has 126 valence electrons. The van der Waals surface area contributed by atoms with Gasteiger partial charge in [-0.3, -0.25) is 0 Å². The average Bonchev–Trinajstić information content (AvgIpc) is 3.01. The van der Waals surface area contributed by atoms with E-state index in [-0.39, 0.29) is 0 Å². The first-order valence-electron chi connectivity index (χ1n) is 8.82. The van der Waals surface area contributed by atoms with Crippen molar-refractivity contribution >= 4 is 6.20 Å². The highest BCUT2D eigenvalue weighted by Crippen LogP contribution is 2.30. The van der Waals surface area contributed by atoms with Crippen molar-refractivity contribution in [3.63, 3.8) is 0 Å². The summed E-state index contributed by atoms with van der Waals surface area (Å²) in [5.41, 5.74) is 5.34. The zero-order valence-electron chi connectivity index (χ0n) is 15.6. The number of terminal acetylenes is 1. The summed E-state index contributed by atoms with van der Waals surface area (Å²) >= 11 is 0. The topological polar surface area (TPSA) is 8.81 Å². The second-order valence-electron chi connectivity index (χ2n) is 6.88. The number of benzene rings is 1. The van der Waals surface area contributed by atoms with E-state index < -0.39 is 0 Å². The van der Waals surface area contributed by atoms with Gasteiger partial charge in [0.2, 0.25) is 0 Å². The molecule has 0 unspecified atom stereocenters. The third-order valence-corrected chi connectivity index (χ3v) is 4.37. The Bertz CT molecular complexity index is 728. The lowest BCUT2D eigenvalue weighted by Gasteiger charge is -2.16. The highest BCUT2D eigenvalue weighted by molar-refractivity contribution is 5.51. The van der Waals surface area contributed by atoms with Gasteiger partial charge < -0.3 is 0 Å². The summed E-state index contributed by atoms with van der Waals surface area (Å²) < 4.78 is 4.35. The van der Waals surface area contributed by atoms with E-state index in [4.69, 9.17) is 6.42 Å². The van der Waals surface area contributed by atoms with Gasteiger partial charge in [-0.1, -0.05) is 52.8 Å². The largest absolute Gasteiger partial charge is 0.253 e. The van der Waals surface area contributed by atoms with Crippen LogP contribution in [0.2, 0.25) is 0 Å². The maximum Gasteiger partial charge on any atom is 0.253 e. The van der Waals surface area contributed by atoms with Crippen LogP contribution >= 0.6 is 0 Å². The van der Waals surface area contributed by atoms with Crippen LogP contribution in [0, 0.1) is 12.3 Å². The summed E-state index contributed by atoms with van der Waals surface area (Å²) in [6, 6.07) is 6.65. The molecule has 1 heterocycles. The molecule has 0 spiro atoms. The first-order chi connectivity index (χ1) is 11.5. The van der Waals surface area contributed by atoms with Crippen molar-refractivity contribution in [2.45, 2.75) is 59.3 Å². The Morgan fingerprint density at radius 2 is 1.83 bits per heavy atom. The van der Waals surface area contributed by atoms with Crippen LogP contribution in [0.3, 0.4) is 0 Å². The standard InChI is InChI=1S/C22H29N2/c1-7-10-19(8-2)15-23-13-14-24(16-23)22-20(17(3)4)11-9-12-21(22)18(5)6/h1,9,11-18H,8,10H2,2-6H3/q+1/b19-15+. The molecule has 0 aliphatic rings. The predicted molar refractivity (Wildman–Crippen MR) is 102 cm³/mol. The van der Waals surface area contributed by atoms with E-state index in [1.165, 1.54) is 22.4 Å². The van der Waals surface area contributed by atoms with Crippen molar-refractivity contribution < 1.29 is 4.57 Å². The van der Waals surface area contributed by atoms with Crippen molar-refractivity contribution in [1.82, 2.24) is 4.57 Å². The Labute approximate surface area is 146 Å². The summed E-state index contributed by atoms with van der Waals surface area (Å²) in [7, 11) is 0. The van der Waals surface area contributed by atoms with E-state index in [0.717, 1.165) is 6.42 Å². The lowest BCUT2D eigenvalue weighted by atomic mass is 9.92. The van der Waals surface area contributed by atoms with Gasteiger partial charge in [-0.25, -0.2) is 9.13 Å². The van der Waals surface area contributed by atoms with Gasteiger partial charge in [0.05, 0.1) is 6.20 Å². The Morgan fingerprint density at radius 3 is 2.33 bits per heavy atom. The molecule has 0 fully saturated rings. The van der Waals surface area contributed by atoms with Gasteiger partial charge in [0.25, 0.3) is 6.33 Å². The summed E-state index contributed by atoms with van der Waals surface area (Å²) in [6.07, 6.45) is 15.6. The first kappa shape index (κ1) is 18.1. The second kappa shape index (κ2) is 8.02. The molecule has 0 saturated heterocycles. The van der Waals surface area contributed by atoms with Crippen LogP contribution in [0.25, 0.3) is 11.9 Å². The lowest BCUT2D eigenvalue weighted by Crippen LogP contribution is -2.23. The fraction of sp³-hybridized carbons (Fsp3) is 0.409. The number of nitrogens with zero attached hydrogens (tertiary/aromatic N) is 2. The van der Waals surface area contributed by atoms with Gasteiger partial charge in [-0.05, 0) is 23.8 Å². The number of aromatic nitrogens is 2. The Hall–Kier alpha value is -2.27. The van der Waals surface area contributed by atoms with Gasteiger partial charge in [0.15, 0.2) is 0 Å². The second-order valence-corrected chi connectivity index (χ2v) is 6.88. The van der Waals surface area contributed by atoms with Crippen molar-refractivity contribution in [2.75, 3.05) is 0 Å². The molecule has 1 aromatic carbocycles. The van der Waals surface area contributed by atoms with Gasteiger partial charge in [0.1, 0.15) is 18.1 Å². The van der Waals surface area contributed by atoms with Crippen LogP contribution in [0.1, 0.15) is 70.4 Å². The molecule has 2 heteroatoms. The number of allylic oxidation sites excluding steroid dienone is 1. The highest BCUT2D eigenvalue weighted by Gasteiger charge is 2.19. The monoisotopic (exact) mass is 321 g/mol. The van der Waals surface area contributed by atoms with Crippen LogP contribution in [-0.4, -0.2) is 4.57 Å². The molecule has 0 amide bonds. The average molecular weight is 321 g/mol. The Kier molecular flexibility index (Phi) is 6.04. The smallest absolute Gasteiger partial charge is 0.209 e. The normalized spacial score (nSPS) is 12.0. The highest BCUT2D eigenvalue weighted by atomic mass is 15.1. The number of hydrogen-bond acceptors (Lipinski definition) is 0. The fourth-order valence-electron chi connectivity index (χ4n) is 2.99. The number of imidazole rings is 1. The van der Waals surface area contributed by atoms with Crippen molar-refractivity contribution in [3.05, 3.63) is 53.6 Å². The van der Waals surface area contributed by atoms with Gasteiger partial charge >= 0.3 is 0 Å². The van der Waals surface area contributed by atoms with Crippen molar-refractivity contribution in [1.29, 1.82) is 0 Å². The molecular formula is C22H29N2+.